The van der Waals surface area contributed by atoms with Crippen LogP contribution in [0, 0.1) is 13.8 Å². The number of hydrogen-bond donors (Lipinski definition) is 0. The molecule has 0 unspecified atom stereocenters. The van der Waals surface area contributed by atoms with Crippen molar-refractivity contribution in [1.29, 1.82) is 0 Å². The third-order valence-electron chi connectivity index (χ3n) is 4.87. The average Bonchev–Trinajstić information content (AvgIpc) is 3.34. The number of hydrogen-bond acceptors (Lipinski definition) is 6. The van der Waals surface area contributed by atoms with E-state index < -0.39 is 0 Å². The molecular weight excluding hydrogens is 416 g/mol. The van der Waals surface area contributed by atoms with Crippen LogP contribution in [0.3, 0.4) is 0 Å². The van der Waals surface area contributed by atoms with Crippen molar-refractivity contribution in [2.24, 2.45) is 0 Å². The third kappa shape index (κ3) is 3.71. The van der Waals surface area contributed by atoms with Crippen molar-refractivity contribution >= 4 is 43.9 Å². The number of rotatable bonds is 6. The van der Waals surface area contributed by atoms with Crippen LogP contribution in [0.5, 0.6) is 0 Å². The third-order valence-corrected chi connectivity index (χ3v) is 6.85. The van der Waals surface area contributed by atoms with Crippen LogP contribution >= 0.6 is 22.7 Å². The number of carbonyl (C=O) groups excluding carboxylic acids is 1. The molecule has 0 saturated carbocycles. The van der Waals surface area contributed by atoms with Gasteiger partial charge >= 0.3 is 0 Å². The number of benzene rings is 1. The van der Waals surface area contributed by atoms with E-state index in [1.165, 1.54) is 33.6 Å². The topological polar surface area (TPSA) is 68.1 Å². The van der Waals surface area contributed by atoms with Crippen molar-refractivity contribution in [3.8, 4) is 11.3 Å². The molecular formula is C22H20N4O2S2. The molecule has 3 aromatic heterocycles. The summed E-state index contributed by atoms with van der Waals surface area (Å²) >= 11 is 2.88. The van der Waals surface area contributed by atoms with E-state index in [0.717, 1.165) is 21.7 Å². The molecule has 1 amide bonds. The molecule has 0 aliphatic rings. The summed E-state index contributed by atoms with van der Waals surface area (Å²) in [6, 6.07) is 9.80. The summed E-state index contributed by atoms with van der Waals surface area (Å²) in [6.45, 7) is 7.84. The van der Waals surface area contributed by atoms with E-state index in [2.05, 4.69) is 16.5 Å². The van der Waals surface area contributed by atoms with Crippen LogP contribution in [0.4, 0.5) is 5.13 Å². The molecule has 0 bridgehead atoms. The maximum Gasteiger partial charge on any atom is 0.262 e. The van der Waals surface area contributed by atoms with Crippen LogP contribution in [0.2, 0.25) is 0 Å². The van der Waals surface area contributed by atoms with E-state index in [-0.39, 0.29) is 18.0 Å². The first-order valence-electron chi connectivity index (χ1n) is 9.37. The highest BCUT2D eigenvalue weighted by molar-refractivity contribution is 7.18. The number of fused-ring (bicyclic) bond motifs is 1. The van der Waals surface area contributed by atoms with Crippen LogP contribution in [-0.4, -0.2) is 27.0 Å². The lowest BCUT2D eigenvalue weighted by Crippen LogP contribution is -2.36. The minimum Gasteiger partial charge on any atom is -0.289 e. The highest BCUT2D eigenvalue weighted by Crippen LogP contribution is 2.28. The van der Waals surface area contributed by atoms with Crippen LogP contribution in [0.1, 0.15) is 10.4 Å². The molecule has 3 heterocycles. The van der Waals surface area contributed by atoms with Gasteiger partial charge in [-0.05, 0) is 19.4 Å². The van der Waals surface area contributed by atoms with Gasteiger partial charge in [-0.1, -0.05) is 36.4 Å². The molecule has 0 aliphatic carbocycles. The van der Waals surface area contributed by atoms with Gasteiger partial charge < -0.3 is 0 Å². The lowest BCUT2D eigenvalue weighted by atomic mass is 10.2. The number of amides is 1. The predicted molar refractivity (Wildman–Crippen MR) is 123 cm³/mol. The van der Waals surface area contributed by atoms with E-state index in [4.69, 9.17) is 0 Å². The van der Waals surface area contributed by atoms with Crippen molar-refractivity contribution in [2.75, 3.05) is 11.4 Å². The molecule has 4 rings (SSSR count). The maximum atomic E-state index is 13.1. The molecule has 6 nitrogen and oxygen atoms in total. The van der Waals surface area contributed by atoms with Gasteiger partial charge in [0.1, 0.15) is 11.4 Å². The fourth-order valence-electron chi connectivity index (χ4n) is 3.16. The van der Waals surface area contributed by atoms with Crippen molar-refractivity contribution < 1.29 is 4.79 Å². The Morgan fingerprint density at radius 3 is 2.77 bits per heavy atom. The summed E-state index contributed by atoms with van der Waals surface area (Å²) in [5, 5.41) is 3.08. The summed E-state index contributed by atoms with van der Waals surface area (Å²) in [7, 11) is 0. The summed E-state index contributed by atoms with van der Waals surface area (Å²) < 4.78 is 1.37. The highest BCUT2D eigenvalue weighted by atomic mass is 32.1. The minimum absolute atomic E-state index is 0.107. The zero-order valence-corrected chi connectivity index (χ0v) is 18.3. The summed E-state index contributed by atoms with van der Waals surface area (Å²) in [5.74, 6) is -0.239. The first-order chi connectivity index (χ1) is 14.5. The van der Waals surface area contributed by atoms with E-state index in [0.29, 0.717) is 21.9 Å². The lowest BCUT2D eigenvalue weighted by Gasteiger charge is -2.18. The number of nitrogens with zero attached hydrogens (tertiary/aromatic N) is 4. The number of aryl methyl sites for hydroxylation is 2. The highest BCUT2D eigenvalue weighted by Gasteiger charge is 2.20. The second kappa shape index (κ2) is 8.33. The van der Waals surface area contributed by atoms with Crippen molar-refractivity contribution in [3.05, 3.63) is 75.5 Å². The summed E-state index contributed by atoms with van der Waals surface area (Å²) in [6.07, 6.45) is 3.10. The second-order valence-electron chi connectivity index (χ2n) is 6.82. The molecule has 30 heavy (non-hydrogen) atoms. The molecule has 8 heteroatoms. The van der Waals surface area contributed by atoms with E-state index in [9.17, 15) is 9.59 Å². The molecule has 0 spiro atoms. The average molecular weight is 437 g/mol. The SMILES string of the molecule is C=CCN(C(=O)Cn1cnc2sc(C)c(C)c2c1=O)c1nc(-c2ccccc2)cs1. The minimum atomic E-state index is -0.239. The van der Waals surface area contributed by atoms with Crippen LogP contribution in [0.25, 0.3) is 21.5 Å². The Bertz CT molecular complexity index is 1290. The molecule has 152 valence electrons. The Balaban J connectivity index is 1.64. The Labute approximate surface area is 181 Å². The van der Waals surface area contributed by atoms with Crippen molar-refractivity contribution in [2.45, 2.75) is 20.4 Å². The number of anilines is 1. The van der Waals surface area contributed by atoms with Crippen LogP contribution < -0.4 is 10.5 Å². The zero-order chi connectivity index (χ0) is 21.3. The fraction of sp³-hybridized carbons (Fsp3) is 0.182. The molecule has 0 radical (unpaired) electrons. The molecule has 0 aliphatic heterocycles. The summed E-state index contributed by atoms with van der Waals surface area (Å²) in [5.41, 5.74) is 2.52. The van der Waals surface area contributed by atoms with Gasteiger partial charge in [0.15, 0.2) is 5.13 Å². The normalized spacial score (nSPS) is 11.0. The van der Waals surface area contributed by atoms with E-state index >= 15 is 0 Å². The predicted octanol–water partition coefficient (Wildman–Crippen LogP) is 4.42. The molecule has 0 atom stereocenters. The van der Waals surface area contributed by atoms with Crippen molar-refractivity contribution in [1.82, 2.24) is 14.5 Å². The molecule has 0 fully saturated rings. The second-order valence-corrected chi connectivity index (χ2v) is 8.86. The van der Waals surface area contributed by atoms with Gasteiger partial charge in [0.2, 0.25) is 5.91 Å². The van der Waals surface area contributed by atoms with E-state index in [1.807, 2.05) is 49.6 Å². The first-order valence-corrected chi connectivity index (χ1v) is 11.1. The van der Waals surface area contributed by atoms with Crippen LogP contribution in [-0.2, 0) is 11.3 Å². The number of aromatic nitrogens is 3. The standard InChI is InChI=1S/C22H20N4O2S2/c1-4-10-26(22-24-17(12-29-22)16-8-6-5-7-9-16)18(27)11-25-13-23-20-19(21(25)28)14(2)15(3)30-20/h4-9,12-13H,1,10-11H2,2-3H3. The Hall–Kier alpha value is -3.10. The first kappa shape index (κ1) is 20.2. The molecule has 0 N–H and O–H groups in total. The van der Waals surface area contributed by atoms with Gasteiger partial charge in [0.25, 0.3) is 5.56 Å². The number of carbonyl (C=O) groups is 1. The number of thiazole rings is 1. The molecule has 4 aromatic rings. The summed E-state index contributed by atoms with van der Waals surface area (Å²) in [4.78, 5) is 38.3. The smallest absolute Gasteiger partial charge is 0.262 e. The quantitative estimate of drug-likeness (QED) is 0.420. The Morgan fingerprint density at radius 1 is 1.27 bits per heavy atom. The van der Waals surface area contributed by atoms with Gasteiger partial charge in [0, 0.05) is 22.4 Å². The van der Waals surface area contributed by atoms with Gasteiger partial charge in [0.05, 0.1) is 17.4 Å². The van der Waals surface area contributed by atoms with E-state index in [1.54, 1.807) is 11.0 Å². The van der Waals surface area contributed by atoms with Gasteiger partial charge in [-0.3, -0.25) is 19.1 Å². The fourth-order valence-corrected chi connectivity index (χ4v) is 5.01. The monoisotopic (exact) mass is 436 g/mol. The van der Waals surface area contributed by atoms with Crippen molar-refractivity contribution in [3.63, 3.8) is 0 Å². The largest absolute Gasteiger partial charge is 0.289 e. The molecule has 1 aromatic carbocycles. The zero-order valence-electron chi connectivity index (χ0n) is 16.7. The number of thiophene rings is 1. The molecule has 0 saturated heterocycles. The maximum absolute atomic E-state index is 13.1. The van der Waals surface area contributed by atoms with Gasteiger partial charge in [-0.2, -0.15) is 0 Å². The Morgan fingerprint density at radius 2 is 2.03 bits per heavy atom. The van der Waals surface area contributed by atoms with Gasteiger partial charge in [-0.15, -0.1) is 29.3 Å². The van der Waals surface area contributed by atoms with Crippen LogP contribution in [0.15, 0.2) is 59.5 Å². The Kier molecular flexibility index (Phi) is 5.61. The lowest BCUT2D eigenvalue weighted by molar-refractivity contribution is -0.119. The van der Waals surface area contributed by atoms with Gasteiger partial charge in [-0.25, -0.2) is 9.97 Å².